The van der Waals surface area contributed by atoms with Crippen LogP contribution in [0.25, 0.3) is 0 Å². The standard InChI is InChI=1S/C13H14ClN3O2/c1-8(9-3-2-4-10(14)7-9)15-13(19)11-5-6-12(18)17-16-11/h2-4,7-8H,5-6H2,1H3,(H,15,19)(H,17,18). The third-order valence-corrected chi connectivity index (χ3v) is 3.10. The lowest BCUT2D eigenvalue weighted by Gasteiger charge is -2.17. The van der Waals surface area contributed by atoms with E-state index in [4.69, 9.17) is 11.6 Å². The number of carbonyl (C=O) groups is 2. The highest BCUT2D eigenvalue weighted by molar-refractivity contribution is 6.39. The van der Waals surface area contributed by atoms with Gasteiger partial charge in [-0.3, -0.25) is 9.59 Å². The van der Waals surface area contributed by atoms with Crippen molar-refractivity contribution < 1.29 is 9.59 Å². The molecule has 0 radical (unpaired) electrons. The van der Waals surface area contributed by atoms with Gasteiger partial charge in [-0.2, -0.15) is 5.10 Å². The van der Waals surface area contributed by atoms with Crippen LogP contribution < -0.4 is 10.7 Å². The Bertz CT molecular complexity index is 542. The molecule has 2 amide bonds. The van der Waals surface area contributed by atoms with Gasteiger partial charge >= 0.3 is 0 Å². The average Bonchev–Trinajstić information content (AvgIpc) is 2.39. The number of hydrazone groups is 1. The zero-order valence-corrected chi connectivity index (χ0v) is 11.2. The van der Waals surface area contributed by atoms with Gasteiger partial charge in [-0.15, -0.1) is 0 Å². The summed E-state index contributed by atoms with van der Waals surface area (Å²) >= 11 is 5.91. The van der Waals surface area contributed by atoms with Crippen molar-refractivity contribution in [1.29, 1.82) is 0 Å². The van der Waals surface area contributed by atoms with Crippen LogP contribution in [0.1, 0.15) is 31.4 Å². The third kappa shape index (κ3) is 3.54. The summed E-state index contributed by atoms with van der Waals surface area (Å²) in [6.07, 6.45) is 0.651. The van der Waals surface area contributed by atoms with Crippen molar-refractivity contribution in [3.63, 3.8) is 0 Å². The fourth-order valence-electron chi connectivity index (χ4n) is 1.78. The predicted octanol–water partition coefficient (Wildman–Crippen LogP) is 1.78. The second kappa shape index (κ2) is 5.84. The lowest BCUT2D eigenvalue weighted by atomic mass is 10.1. The molecule has 1 aliphatic heterocycles. The van der Waals surface area contributed by atoms with Crippen LogP contribution in [0.15, 0.2) is 29.4 Å². The van der Waals surface area contributed by atoms with Crippen LogP contribution in [0.3, 0.4) is 0 Å². The number of hydrogen-bond acceptors (Lipinski definition) is 3. The number of hydrogen-bond donors (Lipinski definition) is 2. The molecule has 0 fully saturated rings. The van der Waals surface area contributed by atoms with Crippen molar-refractivity contribution in [2.24, 2.45) is 5.10 Å². The predicted molar refractivity (Wildman–Crippen MR) is 72.8 cm³/mol. The van der Waals surface area contributed by atoms with Crippen molar-refractivity contribution in [3.8, 4) is 0 Å². The van der Waals surface area contributed by atoms with Crippen molar-refractivity contribution in [3.05, 3.63) is 34.9 Å². The molecule has 1 aromatic carbocycles. The molecular weight excluding hydrogens is 266 g/mol. The van der Waals surface area contributed by atoms with E-state index < -0.39 is 0 Å². The summed E-state index contributed by atoms with van der Waals surface area (Å²) in [5.74, 6) is -0.438. The molecule has 6 heteroatoms. The quantitative estimate of drug-likeness (QED) is 0.885. The summed E-state index contributed by atoms with van der Waals surface area (Å²) in [6.45, 7) is 1.87. The van der Waals surface area contributed by atoms with E-state index in [1.165, 1.54) is 0 Å². The Kier molecular flexibility index (Phi) is 4.16. The van der Waals surface area contributed by atoms with E-state index in [2.05, 4.69) is 15.8 Å². The van der Waals surface area contributed by atoms with Gasteiger partial charge in [-0.05, 0) is 24.6 Å². The normalized spacial score (nSPS) is 16.3. The molecule has 0 saturated heterocycles. The van der Waals surface area contributed by atoms with E-state index in [0.29, 0.717) is 17.2 Å². The summed E-state index contributed by atoms with van der Waals surface area (Å²) in [6, 6.07) is 7.13. The summed E-state index contributed by atoms with van der Waals surface area (Å²) in [7, 11) is 0. The first-order chi connectivity index (χ1) is 9.06. The number of halogens is 1. The van der Waals surface area contributed by atoms with Gasteiger partial charge in [0.2, 0.25) is 5.91 Å². The molecule has 1 aromatic rings. The number of carbonyl (C=O) groups excluding carboxylic acids is 2. The smallest absolute Gasteiger partial charge is 0.267 e. The topological polar surface area (TPSA) is 70.6 Å². The van der Waals surface area contributed by atoms with Crippen LogP contribution in [-0.2, 0) is 9.59 Å². The van der Waals surface area contributed by atoms with Gasteiger partial charge in [0.05, 0.1) is 6.04 Å². The maximum Gasteiger partial charge on any atom is 0.267 e. The molecule has 0 aliphatic carbocycles. The molecular formula is C13H14ClN3O2. The van der Waals surface area contributed by atoms with E-state index in [0.717, 1.165) is 5.56 Å². The van der Waals surface area contributed by atoms with Crippen molar-refractivity contribution >= 4 is 29.1 Å². The molecule has 0 bridgehead atoms. The molecule has 1 atom stereocenters. The highest BCUT2D eigenvalue weighted by atomic mass is 35.5. The molecule has 1 heterocycles. The summed E-state index contributed by atoms with van der Waals surface area (Å²) < 4.78 is 0. The number of amides is 2. The molecule has 2 rings (SSSR count). The monoisotopic (exact) mass is 279 g/mol. The zero-order valence-electron chi connectivity index (χ0n) is 10.4. The first-order valence-electron chi connectivity index (χ1n) is 5.98. The van der Waals surface area contributed by atoms with E-state index >= 15 is 0 Å². The van der Waals surface area contributed by atoms with Crippen molar-refractivity contribution in [2.45, 2.75) is 25.8 Å². The van der Waals surface area contributed by atoms with E-state index in [1.54, 1.807) is 12.1 Å². The Balaban J connectivity index is 2.01. The largest absolute Gasteiger partial charge is 0.344 e. The number of nitrogens with zero attached hydrogens (tertiary/aromatic N) is 1. The third-order valence-electron chi connectivity index (χ3n) is 2.86. The van der Waals surface area contributed by atoms with E-state index in [9.17, 15) is 9.59 Å². The van der Waals surface area contributed by atoms with Gasteiger partial charge in [-0.1, -0.05) is 23.7 Å². The minimum atomic E-state index is -0.271. The van der Waals surface area contributed by atoms with Crippen LogP contribution in [0.4, 0.5) is 0 Å². The second-order valence-electron chi connectivity index (χ2n) is 4.34. The Morgan fingerprint density at radius 2 is 2.26 bits per heavy atom. The summed E-state index contributed by atoms with van der Waals surface area (Å²) in [5, 5.41) is 7.21. The number of rotatable bonds is 3. The summed E-state index contributed by atoms with van der Waals surface area (Å²) in [4.78, 5) is 22.9. The van der Waals surface area contributed by atoms with Gasteiger partial charge in [-0.25, -0.2) is 5.43 Å². The second-order valence-corrected chi connectivity index (χ2v) is 4.78. The van der Waals surface area contributed by atoms with Crippen LogP contribution in [-0.4, -0.2) is 17.5 Å². The molecule has 0 saturated carbocycles. The first-order valence-corrected chi connectivity index (χ1v) is 6.36. The van der Waals surface area contributed by atoms with E-state index in [1.807, 2.05) is 19.1 Å². The molecule has 0 aromatic heterocycles. The number of benzene rings is 1. The van der Waals surface area contributed by atoms with Crippen LogP contribution >= 0.6 is 11.6 Å². The van der Waals surface area contributed by atoms with Crippen LogP contribution in [0.5, 0.6) is 0 Å². The molecule has 5 nitrogen and oxygen atoms in total. The molecule has 1 aliphatic rings. The van der Waals surface area contributed by atoms with Gasteiger partial charge in [0.25, 0.3) is 5.91 Å². The van der Waals surface area contributed by atoms with Crippen LogP contribution in [0.2, 0.25) is 5.02 Å². The van der Waals surface area contributed by atoms with Gasteiger partial charge in [0.1, 0.15) is 5.71 Å². The highest BCUT2D eigenvalue weighted by Gasteiger charge is 2.20. The molecule has 2 N–H and O–H groups in total. The lowest BCUT2D eigenvalue weighted by Crippen LogP contribution is -2.37. The van der Waals surface area contributed by atoms with Crippen molar-refractivity contribution in [2.75, 3.05) is 0 Å². The Hall–Kier alpha value is -1.88. The lowest BCUT2D eigenvalue weighted by molar-refractivity contribution is -0.121. The first kappa shape index (κ1) is 13.5. The molecule has 1 unspecified atom stereocenters. The van der Waals surface area contributed by atoms with Gasteiger partial charge < -0.3 is 5.32 Å². The number of nitrogens with one attached hydrogen (secondary N) is 2. The van der Waals surface area contributed by atoms with Gasteiger partial charge in [0, 0.05) is 17.9 Å². The van der Waals surface area contributed by atoms with E-state index in [-0.39, 0.29) is 24.3 Å². The molecule has 19 heavy (non-hydrogen) atoms. The Morgan fingerprint density at radius 3 is 2.89 bits per heavy atom. The Morgan fingerprint density at radius 1 is 1.47 bits per heavy atom. The SMILES string of the molecule is CC(NC(=O)C1=NNC(=O)CC1)c1cccc(Cl)c1. The maximum absolute atomic E-state index is 11.9. The highest BCUT2D eigenvalue weighted by Crippen LogP contribution is 2.17. The summed E-state index contributed by atoms with van der Waals surface area (Å²) in [5.41, 5.74) is 3.56. The Labute approximate surface area is 116 Å². The average molecular weight is 280 g/mol. The van der Waals surface area contributed by atoms with Crippen LogP contribution in [0, 0.1) is 0 Å². The van der Waals surface area contributed by atoms with Crippen molar-refractivity contribution in [1.82, 2.24) is 10.7 Å². The molecule has 100 valence electrons. The zero-order chi connectivity index (χ0) is 13.8. The minimum absolute atomic E-state index is 0.167. The molecule has 0 spiro atoms. The fourth-order valence-corrected chi connectivity index (χ4v) is 1.98. The maximum atomic E-state index is 11.9. The minimum Gasteiger partial charge on any atom is -0.344 e. The van der Waals surface area contributed by atoms with Gasteiger partial charge in [0.15, 0.2) is 0 Å². The fraction of sp³-hybridized carbons (Fsp3) is 0.308.